The monoisotopic (exact) mass is 1260 g/mol. The van der Waals surface area contributed by atoms with Gasteiger partial charge in [0.25, 0.3) is 0 Å². The summed E-state index contributed by atoms with van der Waals surface area (Å²) in [7, 11) is 0. The van der Waals surface area contributed by atoms with Crippen LogP contribution in [0.25, 0.3) is 18.2 Å². The molecule has 0 aliphatic carbocycles. The van der Waals surface area contributed by atoms with Crippen LogP contribution in [-0.4, -0.2) is 70.7 Å². The van der Waals surface area contributed by atoms with Crippen LogP contribution in [0.2, 0.25) is 0 Å². The van der Waals surface area contributed by atoms with Crippen LogP contribution in [0.1, 0.15) is 166 Å². The van der Waals surface area contributed by atoms with Gasteiger partial charge >= 0.3 is 5.97 Å². The van der Waals surface area contributed by atoms with Crippen LogP contribution in [0.3, 0.4) is 0 Å². The first-order chi connectivity index (χ1) is 44.7. The number of benzene rings is 7. The smallest absolute Gasteiger partial charge is 0.302 e. The van der Waals surface area contributed by atoms with E-state index in [1.54, 1.807) is 55.5 Å². The number of hydrogen-bond donors (Lipinski definition) is 1. The highest BCUT2D eigenvalue weighted by molar-refractivity contribution is 6.21. The van der Waals surface area contributed by atoms with E-state index in [1.165, 1.54) is 54.5 Å². The number of aliphatic hydroxyl groups excluding tert-OH is 1. The number of carbonyl (C=O) groups is 10. The first-order valence-corrected chi connectivity index (χ1v) is 31.1. The SMILES string of the molecule is CC.CC.CC.CC.CC(=O)C(=Cc1ccccc1)C(C)=O.CC(=O)C(Cc1ccccc1)C(C)=O.CC(=O)CC(C)=O.CCOC(C)=O.O=C(/C=C/c1ccccc1)/C(Cc1ccccc1)=C(O)/C=C/c1ccccc1.O=Cc1ccccc1.O=Cc1ccccc1. The summed E-state index contributed by atoms with van der Waals surface area (Å²) in [5.41, 5.74) is 6.84. The highest BCUT2D eigenvalue weighted by Crippen LogP contribution is 2.17. The maximum Gasteiger partial charge on any atom is 0.302 e. The van der Waals surface area contributed by atoms with Crippen molar-refractivity contribution < 1.29 is 57.8 Å². The fourth-order valence-corrected chi connectivity index (χ4v) is 6.99. The maximum absolute atomic E-state index is 12.8. The predicted molar refractivity (Wildman–Crippen MR) is 384 cm³/mol. The molecule has 0 aliphatic heterocycles. The first-order valence-electron chi connectivity index (χ1n) is 31.1. The minimum Gasteiger partial charge on any atom is -0.508 e. The number of ether oxygens (including phenoxy) is 1. The molecule has 0 fully saturated rings. The third kappa shape index (κ3) is 49.3. The van der Waals surface area contributed by atoms with Gasteiger partial charge in [-0.1, -0.05) is 280 Å². The van der Waals surface area contributed by atoms with Gasteiger partial charge in [-0.15, -0.1) is 0 Å². The molecule has 0 bridgehead atoms. The third-order valence-corrected chi connectivity index (χ3v) is 11.1. The summed E-state index contributed by atoms with van der Waals surface area (Å²) in [6.45, 7) is 28.2. The normalized spacial score (nSPS) is 9.47. The number of aliphatic hydroxyl groups is 1. The molecule has 0 saturated heterocycles. The van der Waals surface area contributed by atoms with Gasteiger partial charge in [-0.25, -0.2) is 0 Å². The van der Waals surface area contributed by atoms with Crippen molar-refractivity contribution in [3.8, 4) is 0 Å². The van der Waals surface area contributed by atoms with E-state index in [-0.39, 0.29) is 64.2 Å². The number of aldehydes is 2. The van der Waals surface area contributed by atoms with Crippen molar-refractivity contribution in [1.82, 2.24) is 0 Å². The molecule has 0 spiro atoms. The summed E-state index contributed by atoms with van der Waals surface area (Å²) < 4.78 is 4.40. The number of Topliss-reactive ketones (excluding diaryl/α,β-unsaturated/α-hetero) is 6. The lowest BCUT2D eigenvalue weighted by Gasteiger charge is -2.09. The van der Waals surface area contributed by atoms with Crippen molar-refractivity contribution in [2.24, 2.45) is 5.92 Å². The number of allylic oxidation sites excluding steroid dienone is 4. The molecule has 0 aliphatic rings. The van der Waals surface area contributed by atoms with Crippen molar-refractivity contribution >= 4 is 77.3 Å². The highest BCUT2D eigenvalue weighted by Gasteiger charge is 2.19. The van der Waals surface area contributed by atoms with E-state index in [1.807, 2.05) is 243 Å². The van der Waals surface area contributed by atoms with E-state index in [0.29, 0.717) is 25.0 Å². The largest absolute Gasteiger partial charge is 0.508 e. The molecular weight excluding hydrogens is 1160 g/mol. The van der Waals surface area contributed by atoms with E-state index in [0.717, 1.165) is 51.5 Å². The fraction of sp³-hybridized carbons (Fsp3) is 0.259. The lowest BCUT2D eigenvalue weighted by molar-refractivity contribution is -0.140. The van der Waals surface area contributed by atoms with Gasteiger partial charge in [0.15, 0.2) is 17.3 Å². The van der Waals surface area contributed by atoms with Gasteiger partial charge in [-0.05, 0) is 101 Å². The molecule has 7 aromatic carbocycles. The molecule has 0 unspecified atom stereocenters. The van der Waals surface area contributed by atoms with E-state index in [9.17, 15) is 53.1 Å². The van der Waals surface area contributed by atoms with Crippen LogP contribution in [0.15, 0.2) is 241 Å². The Labute approximate surface area is 555 Å². The second kappa shape index (κ2) is 60.7. The molecule has 93 heavy (non-hydrogen) atoms. The second-order valence-corrected chi connectivity index (χ2v) is 18.5. The minimum absolute atomic E-state index is 0.0181. The molecular formula is C81H100O12. The summed E-state index contributed by atoms with van der Waals surface area (Å²) in [6, 6.07) is 66.1. The summed E-state index contributed by atoms with van der Waals surface area (Å²) in [5, 5.41) is 10.6. The Bertz CT molecular complexity index is 3170. The van der Waals surface area contributed by atoms with Crippen molar-refractivity contribution in [3.63, 3.8) is 0 Å². The van der Waals surface area contributed by atoms with Crippen LogP contribution >= 0.6 is 0 Å². The summed E-state index contributed by atoms with van der Waals surface area (Å²) in [6.07, 6.45) is 10.9. The predicted octanol–water partition coefficient (Wildman–Crippen LogP) is 18.5. The molecule has 1 N–H and O–H groups in total. The molecule has 7 rings (SSSR count). The van der Waals surface area contributed by atoms with Crippen LogP contribution in [0.5, 0.6) is 0 Å². The molecule has 0 heterocycles. The van der Waals surface area contributed by atoms with Crippen molar-refractivity contribution in [2.75, 3.05) is 6.61 Å². The Kier molecular flexibility index (Phi) is 58.2. The Morgan fingerprint density at radius 1 is 0.409 bits per heavy atom. The number of esters is 1. The van der Waals surface area contributed by atoms with Gasteiger partial charge < -0.3 is 9.84 Å². The van der Waals surface area contributed by atoms with Crippen LogP contribution < -0.4 is 0 Å². The zero-order chi connectivity index (χ0) is 71.2. The van der Waals surface area contributed by atoms with Gasteiger partial charge in [0.1, 0.15) is 41.5 Å². The average molecular weight is 1270 g/mol. The lowest BCUT2D eigenvalue weighted by atomic mass is 9.93. The molecule has 12 heteroatoms. The lowest BCUT2D eigenvalue weighted by Crippen LogP contribution is -2.21. The minimum atomic E-state index is -0.475. The zero-order valence-electron chi connectivity index (χ0n) is 57.6. The standard InChI is InChI=1S/C26H22O2.C12H14O2.C12H12O2.2C7H6O.C5H8O2.C4H8O2.4C2H6/c27-25(18-16-21-10-4-1-5-11-21)24(20-23-14-8-3-9-15-23)26(28)19-17-22-12-6-2-7-13-22;2*1-9(13)12(10(2)14)8-11-6-4-3-5-7-11;2*8-6-7-4-2-1-3-5-7;1-4(6)3-5(2)7;1-3-6-4(2)5;4*1-2/h1-19,27H,20H2;3-7,12H,8H2,1-2H3;3-8H,1-2H3;2*1-6H;3H2,1-2H3;3H2,1-2H3;4*1-2H3/b18-16+,19-17+,25-24-;;;;;;;;;;. The van der Waals surface area contributed by atoms with Crippen molar-refractivity contribution in [1.29, 1.82) is 0 Å². The molecule has 0 saturated carbocycles. The Balaban J connectivity index is -0.000000523. The van der Waals surface area contributed by atoms with Crippen molar-refractivity contribution in [2.45, 2.75) is 130 Å². The number of hydrogen-bond acceptors (Lipinski definition) is 12. The second-order valence-electron chi connectivity index (χ2n) is 18.5. The molecule has 496 valence electrons. The Hall–Kier alpha value is -10.2. The molecule has 0 amide bonds. The molecule has 0 radical (unpaired) electrons. The number of carbonyl (C=O) groups excluding carboxylic acids is 10. The summed E-state index contributed by atoms with van der Waals surface area (Å²) >= 11 is 0. The molecule has 12 nitrogen and oxygen atoms in total. The molecule has 0 aromatic heterocycles. The topological polar surface area (TPSA) is 200 Å². The molecule has 7 aromatic rings. The molecule has 0 atom stereocenters. The summed E-state index contributed by atoms with van der Waals surface area (Å²) in [4.78, 5) is 107. The fourth-order valence-electron chi connectivity index (χ4n) is 6.99. The van der Waals surface area contributed by atoms with Gasteiger partial charge in [0, 0.05) is 30.0 Å². The summed E-state index contributed by atoms with van der Waals surface area (Å²) in [5.74, 6) is -1.53. The average Bonchev–Trinajstić information content (AvgIpc) is 3.61. The Morgan fingerprint density at radius 3 is 0.968 bits per heavy atom. The third-order valence-electron chi connectivity index (χ3n) is 11.1. The van der Waals surface area contributed by atoms with E-state index in [4.69, 9.17) is 0 Å². The van der Waals surface area contributed by atoms with Crippen molar-refractivity contribution in [3.05, 3.63) is 280 Å². The quantitative estimate of drug-likeness (QED) is 0.0153. The maximum atomic E-state index is 12.8. The van der Waals surface area contributed by atoms with Gasteiger partial charge in [0.05, 0.1) is 24.5 Å². The van der Waals surface area contributed by atoms with E-state index < -0.39 is 5.92 Å². The zero-order valence-corrected chi connectivity index (χ0v) is 57.6. The van der Waals surface area contributed by atoms with Gasteiger partial charge in [-0.3, -0.25) is 47.9 Å². The van der Waals surface area contributed by atoms with Crippen LogP contribution in [-0.2, 0) is 55.9 Å². The number of ketones is 7. The highest BCUT2D eigenvalue weighted by atomic mass is 16.5. The van der Waals surface area contributed by atoms with Crippen LogP contribution in [0, 0.1) is 5.92 Å². The van der Waals surface area contributed by atoms with Gasteiger partial charge in [-0.2, -0.15) is 0 Å². The van der Waals surface area contributed by atoms with E-state index >= 15 is 0 Å². The Morgan fingerprint density at radius 2 is 0.710 bits per heavy atom. The van der Waals surface area contributed by atoms with Gasteiger partial charge in [0.2, 0.25) is 0 Å². The first kappa shape index (κ1) is 89.2. The number of rotatable bonds is 19. The van der Waals surface area contributed by atoms with E-state index in [2.05, 4.69) is 4.74 Å². The van der Waals surface area contributed by atoms with Crippen LogP contribution in [0.4, 0.5) is 0 Å².